The van der Waals surface area contributed by atoms with Crippen LogP contribution in [0.25, 0.3) is 22.0 Å². The van der Waals surface area contributed by atoms with Crippen molar-refractivity contribution in [1.29, 1.82) is 0 Å². The monoisotopic (exact) mass is 406 g/mol. The second-order valence-corrected chi connectivity index (χ2v) is 8.15. The van der Waals surface area contributed by atoms with Crippen molar-refractivity contribution >= 4 is 39.5 Å². The maximum absolute atomic E-state index is 5.81. The number of hydrogen-bond acceptors (Lipinski definition) is 5. The Morgan fingerprint density at radius 3 is 2.81 bits per heavy atom. The van der Waals surface area contributed by atoms with Gasteiger partial charge in [-0.2, -0.15) is 4.98 Å². The fourth-order valence-electron chi connectivity index (χ4n) is 4.38. The Balaban J connectivity index is 1.23. The Kier molecular flexibility index (Phi) is 4.13. The van der Waals surface area contributed by atoms with E-state index >= 15 is 0 Å². The van der Waals surface area contributed by atoms with Crippen molar-refractivity contribution in [3.05, 3.63) is 89.5 Å². The Morgan fingerprint density at radius 1 is 0.903 bits per heavy atom. The minimum atomic E-state index is 0.324. The van der Waals surface area contributed by atoms with Gasteiger partial charge in [-0.1, -0.05) is 30.3 Å². The molecule has 2 N–H and O–H groups in total. The summed E-state index contributed by atoms with van der Waals surface area (Å²) in [4.78, 5) is 9.36. The SMILES string of the molecule is Cc1ccc2oc(Nc3ccc4nc(N[C@@H]5CCc6ccccc65)ccc4c3)nc2c1. The minimum Gasteiger partial charge on any atom is -0.423 e. The van der Waals surface area contributed by atoms with Crippen molar-refractivity contribution in [2.75, 3.05) is 10.6 Å². The third-order valence-electron chi connectivity index (χ3n) is 5.94. The molecular weight excluding hydrogens is 384 g/mol. The summed E-state index contributed by atoms with van der Waals surface area (Å²) in [6.07, 6.45) is 2.22. The van der Waals surface area contributed by atoms with Crippen molar-refractivity contribution in [3.8, 4) is 0 Å². The van der Waals surface area contributed by atoms with E-state index in [1.54, 1.807) is 0 Å². The van der Waals surface area contributed by atoms with Gasteiger partial charge in [0.15, 0.2) is 5.58 Å². The molecule has 31 heavy (non-hydrogen) atoms. The maximum atomic E-state index is 5.81. The number of pyridine rings is 1. The average molecular weight is 406 g/mol. The highest BCUT2D eigenvalue weighted by Crippen LogP contribution is 2.33. The van der Waals surface area contributed by atoms with E-state index in [1.807, 2.05) is 37.3 Å². The van der Waals surface area contributed by atoms with Gasteiger partial charge in [0, 0.05) is 11.1 Å². The van der Waals surface area contributed by atoms with E-state index in [-0.39, 0.29) is 0 Å². The Morgan fingerprint density at radius 2 is 1.84 bits per heavy atom. The third kappa shape index (κ3) is 3.38. The molecule has 0 saturated carbocycles. The van der Waals surface area contributed by atoms with Crippen LogP contribution in [-0.4, -0.2) is 9.97 Å². The molecule has 5 heteroatoms. The number of nitrogens with zero attached hydrogens (tertiary/aromatic N) is 2. The molecular formula is C26H22N4O. The predicted molar refractivity (Wildman–Crippen MR) is 125 cm³/mol. The van der Waals surface area contributed by atoms with Gasteiger partial charge >= 0.3 is 0 Å². The molecule has 0 radical (unpaired) electrons. The van der Waals surface area contributed by atoms with Gasteiger partial charge in [0.25, 0.3) is 6.01 Å². The topological polar surface area (TPSA) is 63.0 Å². The summed E-state index contributed by atoms with van der Waals surface area (Å²) in [5.41, 5.74) is 7.49. The van der Waals surface area contributed by atoms with Crippen molar-refractivity contribution in [3.63, 3.8) is 0 Å². The molecule has 1 aliphatic carbocycles. The van der Waals surface area contributed by atoms with Crippen molar-refractivity contribution < 1.29 is 4.42 Å². The second-order valence-electron chi connectivity index (χ2n) is 8.15. The van der Waals surface area contributed by atoms with Gasteiger partial charge in [0.1, 0.15) is 11.3 Å². The highest BCUT2D eigenvalue weighted by Gasteiger charge is 2.21. The van der Waals surface area contributed by atoms with Gasteiger partial charge in [-0.05, 0) is 78.9 Å². The van der Waals surface area contributed by atoms with Crippen LogP contribution in [0.2, 0.25) is 0 Å². The van der Waals surface area contributed by atoms with E-state index in [0.717, 1.165) is 51.9 Å². The first-order chi connectivity index (χ1) is 15.2. The van der Waals surface area contributed by atoms with Crippen molar-refractivity contribution in [2.45, 2.75) is 25.8 Å². The lowest BCUT2D eigenvalue weighted by Gasteiger charge is -2.15. The average Bonchev–Trinajstić information content (AvgIpc) is 3.37. The molecule has 0 fully saturated rings. The number of aromatic nitrogens is 2. The smallest absolute Gasteiger partial charge is 0.300 e. The largest absolute Gasteiger partial charge is 0.423 e. The second kappa shape index (κ2) is 7.13. The summed E-state index contributed by atoms with van der Waals surface area (Å²) in [7, 11) is 0. The Hall–Kier alpha value is -3.86. The molecule has 0 aliphatic heterocycles. The molecule has 1 aliphatic rings. The summed E-state index contributed by atoms with van der Waals surface area (Å²) < 4.78 is 5.81. The highest BCUT2D eigenvalue weighted by atomic mass is 16.4. The Bertz CT molecular complexity index is 1420. The van der Waals surface area contributed by atoms with E-state index < -0.39 is 0 Å². The van der Waals surface area contributed by atoms with E-state index in [9.17, 15) is 0 Å². The van der Waals surface area contributed by atoms with Crippen LogP contribution in [0.3, 0.4) is 0 Å². The van der Waals surface area contributed by atoms with Crippen molar-refractivity contribution in [2.24, 2.45) is 0 Å². The first-order valence-corrected chi connectivity index (χ1v) is 10.6. The van der Waals surface area contributed by atoms with Crippen molar-refractivity contribution in [1.82, 2.24) is 9.97 Å². The molecule has 1 atom stereocenters. The van der Waals surface area contributed by atoms with Crippen LogP contribution in [0.15, 0.2) is 77.2 Å². The maximum Gasteiger partial charge on any atom is 0.300 e. The molecule has 0 amide bonds. The van der Waals surface area contributed by atoms with Gasteiger partial charge < -0.3 is 15.1 Å². The fraction of sp³-hybridized carbons (Fsp3) is 0.154. The Labute approximate surface area is 180 Å². The molecule has 2 aromatic heterocycles. The molecule has 152 valence electrons. The molecule has 2 heterocycles. The summed E-state index contributed by atoms with van der Waals surface area (Å²) in [6, 6.07) is 25.7. The van der Waals surface area contributed by atoms with Gasteiger partial charge in [-0.25, -0.2) is 4.98 Å². The normalized spacial score (nSPS) is 15.3. The van der Waals surface area contributed by atoms with Crippen LogP contribution in [0.1, 0.15) is 29.2 Å². The summed E-state index contributed by atoms with van der Waals surface area (Å²) in [6.45, 7) is 2.05. The van der Waals surface area contributed by atoms with Crippen LogP contribution in [0.5, 0.6) is 0 Å². The first-order valence-electron chi connectivity index (χ1n) is 10.6. The number of nitrogens with one attached hydrogen (secondary N) is 2. The summed E-state index contributed by atoms with van der Waals surface area (Å²) in [5.74, 6) is 0.907. The molecule has 0 unspecified atom stereocenters. The van der Waals surface area contributed by atoms with Gasteiger partial charge in [0.2, 0.25) is 0 Å². The van der Waals surface area contributed by atoms with E-state index in [4.69, 9.17) is 9.40 Å². The number of hydrogen-bond donors (Lipinski definition) is 2. The van der Waals surface area contributed by atoms with Crippen LogP contribution >= 0.6 is 0 Å². The van der Waals surface area contributed by atoms with Gasteiger partial charge in [-0.3, -0.25) is 0 Å². The summed E-state index contributed by atoms with van der Waals surface area (Å²) >= 11 is 0. The molecule has 6 rings (SSSR count). The molecule has 3 aromatic carbocycles. The zero-order chi connectivity index (χ0) is 20.8. The summed E-state index contributed by atoms with van der Waals surface area (Å²) in [5, 5.41) is 7.94. The zero-order valence-corrected chi connectivity index (χ0v) is 17.2. The fourth-order valence-corrected chi connectivity index (χ4v) is 4.38. The number of fused-ring (bicyclic) bond motifs is 3. The molecule has 0 spiro atoms. The van der Waals surface area contributed by atoms with E-state index in [0.29, 0.717) is 12.1 Å². The molecule has 0 saturated heterocycles. The van der Waals surface area contributed by atoms with Gasteiger partial charge in [-0.15, -0.1) is 0 Å². The van der Waals surface area contributed by atoms with E-state index in [2.05, 4.69) is 58.1 Å². The third-order valence-corrected chi connectivity index (χ3v) is 5.94. The first kappa shape index (κ1) is 18.0. The molecule has 5 nitrogen and oxygen atoms in total. The zero-order valence-electron chi connectivity index (χ0n) is 17.2. The van der Waals surface area contributed by atoms with Gasteiger partial charge in [0.05, 0.1) is 11.6 Å². The standard InChI is InChI=1S/C26H22N4O/c1-16-6-12-24-23(14-16)30-26(31-24)27-19-9-11-21-18(15-19)8-13-25(28-21)29-22-10-7-17-4-2-3-5-20(17)22/h2-6,8-9,11-15,22H,7,10H2,1H3,(H,27,30)(H,28,29)/t22-/m1/s1. The van der Waals surface area contributed by atoms with Crippen LogP contribution in [0, 0.1) is 6.92 Å². The lowest BCUT2D eigenvalue weighted by Crippen LogP contribution is -2.08. The number of oxazole rings is 1. The number of benzene rings is 3. The number of aryl methyl sites for hydroxylation is 2. The highest BCUT2D eigenvalue weighted by molar-refractivity contribution is 5.85. The minimum absolute atomic E-state index is 0.324. The van der Waals surface area contributed by atoms with Crippen LogP contribution in [-0.2, 0) is 6.42 Å². The molecule has 5 aromatic rings. The lowest BCUT2D eigenvalue weighted by atomic mass is 10.1. The van der Waals surface area contributed by atoms with E-state index in [1.165, 1.54) is 11.1 Å². The molecule has 0 bridgehead atoms. The quantitative estimate of drug-likeness (QED) is 0.355. The number of rotatable bonds is 4. The lowest BCUT2D eigenvalue weighted by molar-refractivity contribution is 0.623. The van der Waals surface area contributed by atoms with Crippen LogP contribution in [0.4, 0.5) is 17.5 Å². The predicted octanol–water partition coefficient (Wildman–Crippen LogP) is 6.53. The van der Waals surface area contributed by atoms with Crippen LogP contribution < -0.4 is 10.6 Å². The number of anilines is 3.